The Hall–Kier alpha value is 0.427. The van der Waals surface area contributed by atoms with Crippen LogP contribution in [0.3, 0.4) is 0 Å². The molecule has 0 saturated carbocycles. The Balaban J connectivity index is -0.00000000667. The Labute approximate surface area is 46.4 Å². The minimum absolute atomic E-state index is 0. The third-order valence-electron chi connectivity index (χ3n) is 0. The van der Waals surface area contributed by atoms with Gasteiger partial charge in [-0.1, -0.05) is 0 Å². The molecule has 0 rings (SSSR count). The molecule has 5 heavy (non-hydrogen) atoms. The summed E-state index contributed by atoms with van der Waals surface area (Å²) in [6.45, 7) is 0. The van der Waals surface area contributed by atoms with Crippen molar-refractivity contribution in [2.75, 3.05) is 0 Å². The molecule has 0 amide bonds. The van der Waals surface area contributed by atoms with Crippen LogP contribution in [0.2, 0.25) is 0 Å². The SMILES string of the molecule is O=NO.P.[H-].[Li+]. The van der Waals surface area contributed by atoms with Crippen molar-refractivity contribution in [2.24, 2.45) is 5.34 Å². The quantitative estimate of drug-likeness (QED) is 0.152. The van der Waals surface area contributed by atoms with E-state index in [1.807, 2.05) is 0 Å². The van der Waals surface area contributed by atoms with E-state index in [9.17, 15) is 0 Å². The molecule has 3 nitrogen and oxygen atoms in total. The van der Waals surface area contributed by atoms with Crippen LogP contribution in [0.1, 0.15) is 1.43 Å². The fraction of sp³-hybridized carbons (Fsp3) is 0. The molecule has 0 heterocycles. The predicted octanol–water partition coefficient (Wildman–Crippen LogP) is -2.68. The predicted molar refractivity (Wildman–Crippen MR) is 19.8 cm³/mol. The second-order valence-corrected chi connectivity index (χ2v) is 0.0816. The fourth-order valence-corrected chi connectivity index (χ4v) is 0. The Bertz CT molecular complexity index is 21.0. The summed E-state index contributed by atoms with van der Waals surface area (Å²) in [5, 5.41) is 7.89. The van der Waals surface area contributed by atoms with Gasteiger partial charge in [0.25, 0.3) is 0 Å². The van der Waals surface area contributed by atoms with Crippen LogP contribution >= 0.6 is 9.90 Å². The molecule has 0 saturated heterocycles. The molecule has 0 aromatic carbocycles. The molecule has 1 N–H and O–H groups in total. The van der Waals surface area contributed by atoms with Gasteiger partial charge in [-0.3, -0.25) is 0 Å². The fourth-order valence-electron chi connectivity index (χ4n) is 0. The summed E-state index contributed by atoms with van der Waals surface area (Å²) in [6.07, 6.45) is 0. The molecule has 0 aliphatic carbocycles. The number of nitrogens with zero attached hydrogens (tertiary/aromatic N) is 1. The molecule has 0 aliphatic heterocycles. The van der Waals surface area contributed by atoms with Crippen molar-refractivity contribution in [3.63, 3.8) is 0 Å². The normalized spacial score (nSPS) is 2.40. The third kappa shape index (κ3) is 143. The molecule has 0 bridgehead atoms. The van der Waals surface area contributed by atoms with E-state index in [1.165, 1.54) is 5.34 Å². The zero-order valence-electron chi connectivity index (χ0n) is 4.01. The maximum Gasteiger partial charge on any atom is 1.00 e. The summed E-state index contributed by atoms with van der Waals surface area (Å²) >= 11 is 0. The van der Waals surface area contributed by atoms with Crippen molar-refractivity contribution < 1.29 is 25.5 Å². The molecule has 0 fully saturated rings. The van der Waals surface area contributed by atoms with Crippen molar-refractivity contribution in [3.05, 3.63) is 4.91 Å². The Morgan fingerprint density at radius 3 is 1.80 bits per heavy atom. The van der Waals surface area contributed by atoms with E-state index in [-0.39, 0.29) is 30.2 Å². The van der Waals surface area contributed by atoms with Gasteiger partial charge in [-0.15, -0.1) is 4.91 Å². The summed E-state index contributed by atoms with van der Waals surface area (Å²) < 4.78 is 0. The molecule has 5 heteroatoms. The molecule has 0 aromatic rings. The second kappa shape index (κ2) is 25.5. The van der Waals surface area contributed by atoms with E-state index in [1.54, 1.807) is 0 Å². The van der Waals surface area contributed by atoms with Gasteiger partial charge >= 0.3 is 18.9 Å². The zero-order chi connectivity index (χ0) is 2.71. The van der Waals surface area contributed by atoms with Crippen LogP contribution in [-0.4, -0.2) is 5.21 Å². The second-order valence-electron chi connectivity index (χ2n) is 0.0816. The van der Waals surface area contributed by atoms with Crippen LogP contribution in [0.15, 0.2) is 5.34 Å². The summed E-state index contributed by atoms with van der Waals surface area (Å²) in [6, 6.07) is 0. The largest absolute Gasteiger partial charge is 1.00 e. The molecule has 0 radical (unpaired) electrons. The first-order valence-corrected chi connectivity index (χ1v) is 0.383. The van der Waals surface area contributed by atoms with Crippen LogP contribution in [0, 0.1) is 4.91 Å². The molecule has 1 atom stereocenters. The van der Waals surface area contributed by atoms with Gasteiger partial charge in [-0.2, -0.15) is 9.90 Å². The summed E-state index contributed by atoms with van der Waals surface area (Å²) in [4.78, 5) is 8.11. The van der Waals surface area contributed by atoms with Gasteiger partial charge < -0.3 is 6.63 Å². The van der Waals surface area contributed by atoms with E-state index in [2.05, 4.69) is 0 Å². The van der Waals surface area contributed by atoms with Gasteiger partial charge in [-0.25, -0.2) is 0 Å². The van der Waals surface area contributed by atoms with Crippen LogP contribution in [-0.2, 0) is 0 Å². The average molecular weight is 89.0 g/mol. The van der Waals surface area contributed by atoms with Gasteiger partial charge in [0.1, 0.15) is 0 Å². The molecular formula is H5LiNO2P. The summed E-state index contributed by atoms with van der Waals surface area (Å²) in [5.41, 5.74) is 0. The van der Waals surface area contributed by atoms with Crippen molar-refractivity contribution in [1.82, 2.24) is 0 Å². The van der Waals surface area contributed by atoms with Crippen LogP contribution in [0.5, 0.6) is 0 Å². The van der Waals surface area contributed by atoms with Crippen LogP contribution in [0.4, 0.5) is 0 Å². The summed E-state index contributed by atoms with van der Waals surface area (Å²) in [5.74, 6) is 0. The average Bonchev–Trinajstić information content (AvgIpc) is 0.918. The van der Waals surface area contributed by atoms with Crippen molar-refractivity contribution in [3.8, 4) is 0 Å². The molecule has 28 valence electrons. The van der Waals surface area contributed by atoms with Crippen molar-refractivity contribution >= 4 is 9.90 Å². The first-order chi connectivity index (χ1) is 1.41. The minimum atomic E-state index is 0. The van der Waals surface area contributed by atoms with Gasteiger partial charge in [0.05, 0.1) is 0 Å². The smallest absolute Gasteiger partial charge is 1.00 e. The van der Waals surface area contributed by atoms with Crippen LogP contribution < -0.4 is 18.9 Å². The number of hydrogen-bond acceptors (Lipinski definition) is 2. The molecule has 0 spiro atoms. The first-order valence-electron chi connectivity index (χ1n) is 0.383. The summed E-state index contributed by atoms with van der Waals surface area (Å²) in [7, 11) is 0. The van der Waals surface area contributed by atoms with Gasteiger partial charge in [0.15, 0.2) is 5.34 Å². The molecule has 0 aliphatic rings. The van der Waals surface area contributed by atoms with E-state index in [0.717, 1.165) is 0 Å². The van der Waals surface area contributed by atoms with Crippen molar-refractivity contribution in [1.29, 1.82) is 0 Å². The Kier molecular flexibility index (Phi) is 92.2. The maximum absolute atomic E-state index is 8.11. The molecule has 0 aromatic heterocycles. The standard InChI is InChI=1S/Li.HNO2.H3P.H/c;2-1-3;;/h;(H,2,3);1H3;/q+1;;;-1. The van der Waals surface area contributed by atoms with E-state index in [4.69, 9.17) is 10.1 Å². The molecular weight excluding hydrogens is 83.9 g/mol. The zero-order valence-corrected chi connectivity index (χ0v) is 4.42. The first kappa shape index (κ1) is 18.1. The van der Waals surface area contributed by atoms with Gasteiger partial charge in [-0.05, 0) is 0 Å². The minimum Gasteiger partial charge on any atom is -1.00 e. The Morgan fingerprint density at radius 2 is 1.80 bits per heavy atom. The number of rotatable bonds is 0. The monoisotopic (exact) mass is 89.0 g/mol. The maximum atomic E-state index is 8.11. The van der Waals surface area contributed by atoms with Crippen LogP contribution in [0.25, 0.3) is 0 Å². The third-order valence-corrected chi connectivity index (χ3v) is 0. The van der Waals surface area contributed by atoms with Crippen molar-refractivity contribution in [2.45, 2.75) is 0 Å². The molecule has 1 unspecified atom stereocenters. The van der Waals surface area contributed by atoms with E-state index in [0.29, 0.717) is 0 Å². The van der Waals surface area contributed by atoms with E-state index < -0.39 is 0 Å². The topological polar surface area (TPSA) is 49.7 Å². The van der Waals surface area contributed by atoms with E-state index >= 15 is 0 Å². The Morgan fingerprint density at radius 1 is 1.80 bits per heavy atom. The van der Waals surface area contributed by atoms with Gasteiger partial charge in [0.2, 0.25) is 0 Å². The van der Waals surface area contributed by atoms with Gasteiger partial charge in [0, 0.05) is 0 Å². The number of hydrogen-bond donors (Lipinski definition) is 1.